The van der Waals surface area contributed by atoms with Crippen LogP contribution in [0, 0.1) is 5.92 Å². The van der Waals surface area contributed by atoms with Crippen LogP contribution < -0.4 is 0 Å². The minimum Gasteiger partial charge on any atom is -0.283 e. The number of hydrogen-bond acceptors (Lipinski definition) is 2. The highest BCUT2D eigenvalue weighted by Gasteiger charge is 2.25. The largest absolute Gasteiger partial charge is 0.297 e. The Morgan fingerprint density at radius 3 is 1.78 bits per heavy atom. The van der Waals surface area contributed by atoms with Crippen LogP contribution in [-0.4, -0.2) is 18.5 Å². The van der Waals surface area contributed by atoms with Crippen LogP contribution in [-0.2, 0) is 10.1 Å². The first-order valence-corrected chi connectivity index (χ1v) is 3.96. The second-order valence-corrected chi connectivity index (χ2v) is 3.59. The van der Waals surface area contributed by atoms with E-state index >= 15 is 0 Å². The minimum atomic E-state index is -4.47. The summed E-state index contributed by atoms with van der Waals surface area (Å²) in [4.78, 5) is 0. The second-order valence-electron chi connectivity index (χ2n) is 2.11. The monoisotopic (exact) mass is 156 g/mol. The summed E-state index contributed by atoms with van der Waals surface area (Å²) in [7, 11) is -4.47. The Kier molecular flexibility index (Phi) is 2.57. The van der Waals surface area contributed by atoms with Crippen LogP contribution in [0.4, 0.5) is 4.39 Å². The normalized spacial score (nSPS) is 16.1. The van der Waals surface area contributed by atoms with Gasteiger partial charge < -0.3 is 0 Å². The van der Waals surface area contributed by atoms with E-state index in [-0.39, 0.29) is 0 Å². The molecule has 0 aromatic rings. The lowest BCUT2D eigenvalue weighted by Crippen LogP contribution is -2.20. The molecule has 1 unspecified atom stereocenters. The van der Waals surface area contributed by atoms with Crippen molar-refractivity contribution in [2.45, 2.75) is 19.4 Å². The summed E-state index contributed by atoms with van der Waals surface area (Å²) in [5.74, 6) is -0.694. The third-order valence-electron chi connectivity index (χ3n) is 0.809. The van der Waals surface area contributed by atoms with E-state index in [0.29, 0.717) is 0 Å². The third-order valence-corrected chi connectivity index (χ3v) is 1.92. The van der Waals surface area contributed by atoms with E-state index in [1.807, 2.05) is 0 Å². The summed E-state index contributed by atoms with van der Waals surface area (Å²) in [6.45, 7) is 2.75. The summed E-state index contributed by atoms with van der Waals surface area (Å²) in [6, 6.07) is 0. The summed E-state index contributed by atoms with van der Waals surface area (Å²) in [5.41, 5.74) is -2.16. The molecule has 0 spiro atoms. The molecule has 1 atom stereocenters. The van der Waals surface area contributed by atoms with E-state index in [1.165, 1.54) is 13.8 Å². The highest BCUT2D eigenvalue weighted by atomic mass is 32.2. The lowest BCUT2D eigenvalue weighted by molar-refractivity contribution is 0.312. The van der Waals surface area contributed by atoms with Crippen molar-refractivity contribution in [2.24, 2.45) is 5.92 Å². The lowest BCUT2D eigenvalue weighted by Gasteiger charge is -2.06. The standard InChI is InChI=1S/C4H9FO3S/c1-3(2)4(5)9(6,7)8/h3-4H,1-2H3,(H,6,7,8). The second kappa shape index (κ2) is 2.62. The zero-order valence-corrected chi connectivity index (χ0v) is 6.02. The van der Waals surface area contributed by atoms with Crippen LogP contribution in [0.3, 0.4) is 0 Å². The van der Waals surface area contributed by atoms with E-state index in [2.05, 4.69) is 0 Å². The zero-order chi connectivity index (χ0) is 7.65. The molecule has 0 bridgehead atoms. The smallest absolute Gasteiger partial charge is 0.283 e. The Labute approximate surface area is 53.6 Å². The van der Waals surface area contributed by atoms with Crippen molar-refractivity contribution in [1.29, 1.82) is 0 Å². The first-order chi connectivity index (χ1) is 3.85. The summed E-state index contributed by atoms with van der Waals surface area (Å²) in [5, 5.41) is 0. The van der Waals surface area contributed by atoms with E-state index in [1.54, 1.807) is 0 Å². The van der Waals surface area contributed by atoms with E-state index in [0.717, 1.165) is 0 Å². The van der Waals surface area contributed by atoms with Crippen LogP contribution in [0.1, 0.15) is 13.8 Å². The molecule has 0 aliphatic heterocycles. The molecular weight excluding hydrogens is 147 g/mol. The molecular formula is C4H9FO3S. The summed E-state index contributed by atoms with van der Waals surface area (Å²) in [6.07, 6.45) is 0. The molecule has 0 fully saturated rings. The predicted octanol–water partition coefficient (Wildman–Crippen LogP) is 0.826. The predicted molar refractivity (Wildman–Crippen MR) is 31.3 cm³/mol. The van der Waals surface area contributed by atoms with Gasteiger partial charge in [0.05, 0.1) is 0 Å². The number of rotatable bonds is 2. The number of hydrogen-bond donors (Lipinski definition) is 1. The molecule has 0 heterocycles. The molecule has 0 saturated heterocycles. The fraction of sp³-hybridized carbons (Fsp3) is 1.00. The molecule has 9 heavy (non-hydrogen) atoms. The van der Waals surface area contributed by atoms with Gasteiger partial charge >= 0.3 is 0 Å². The molecule has 0 rings (SSSR count). The maximum absolute atomic E-state index is 12.2. The number of halogens is 1. The van der Waals surface area contributed by atoms with Gasteiger partial charge in [-0.15, -0.1) is 0 Å². The van der Waals surface area contributed by atoms with Gasteiger partial charge in [0.25, 0.3) is 10.1 Å². The average Bonchev–Trinajstić information content (AvgIpc) is 1.62. The van der Waals surface area contributed by atoms with Crippen molar-refractivity contribution in [1.82, 2.24) is 0 Å². The van der Waals surface area contributed by atoms with Gasteiger partial charge in [0.15, 0.2) is 0 Å². The van der Waals surface area contributed by atoms with E-state index in [4.69, 9.17) is 4.55 Å². The van der Waals surface area contributed by atoms with E-state index < -0.39 is 21.5 Å². The fourth-order valence-corrected chi connectivity index (χ4v) is 1.03. The first kappa shape index (κ1) is 8.84. The Morgan fingerprint density at radius 1 is 1.44 bits per heavy atom. The Bertz CT molecular complexity index is 172. The summed E-state index contributed by atoms with van der Waals surface area (Å²) >= 11 is 0. The van der Waals surface area contributed by atoms with Crippen LogP contribution in [0.25, 0.3) is 0 Å². The Hall–Kier alpha value is -0.160. The van der Waals surface area contributed by atoms with Gasteiger partial charge in [0.1, 0.15) is 0 Å². The van der Waals surface area contributed by atoms with Crippen molar-refractivity contribution in [3.05, 3.63) is 0 Å². The molecule has 0 saturated carbocycles. The average molecular weight is 156 g/mol. The topological polar surface area (TPSA) is 54.4 Å². The first-order valence-electron chi connectivity index (χ1n) is 2.46. The lowest BCUT2D eigenvalue weighted by atomic mass is 10.3. The minimum absolute atomic E-state index is 0.694. The van der Waals surface area contributed by atoms with Gasteiger partial charge in [0, 0.05) is 5.92 Å². The van der Waals surface area contributed by atoms with Crippen LogP contribution in [0.2, 0.25) is 0 Å². The molecule has 0 aliphatic carbocycles. The third kappa shape index (κ3) is 2.76. The van der Waals surface area contributed by atoms with Gasteiger partial charge in [-0.25, -0.2) is 4.39 Å². The van der Waals surface area contributed by atoms with Crippen LogP contribution in [0.5, 0.6) is 0 Å². The quantitative estimate of drug-likeness (QED) is 0.602. The SMILES string of the molecule is CC(C)C(F)S(=O)(=O)O. The Morgan fingerprint density at radius 2 is 1.78 bits per heavy atom. The molecule has 1 N–H and O–H groups in total. The molecule has 3 nitrogen and oxygen atoms in total. The molecule has 0 aromatic carbocycles. The molecule has 0 amide bonds. The molecule has 56 valence electrons. The molecule has 0 aliphatic rings. The molecule has 0 radical (unpaired) electrons. The molecule has 5 heteroatoms. The fourth-order valence-electron chi connectivity index (χ4n) is 0.344. The maximum Gasteiger partial charge on any atom is 0.297 e. The van der Waals surface area contributed by atoms with Crippen molar-refractivity contribution in [2.75, 3.05) is 0 Å². The van der Waals surface area contributed by atoms with Gasteiger partial charge in [-0.1, -0.05) is 13.8 Å². The van der Waals surface area contributed by atoms with Crippen molar-refractivity contribution >= 4 is 10.1 Å². The zero-order valence-electron chi connectivity index (χ0n) is 5.20. The van der Waals surface area contributed by atoms with Crippen molar-refractivity contribution in [3.63, 3.8) is 0 Å². The van der Waals surface area contributed by atoms with E-state index in [9.17, 15) is 12.8 Å². The van der Waals surface area contributed by atoms with Gasteiger partial charge in [-0.3, -0.25) is 4.55 Å². The van der Waals surface area contributed by atoms with Crippen LogP contribution in [0.15, 0.2) is 0 Å². The van der Waals surface area contributed by atoms with Crippen LogP contribution >= 0.6 is 0 Å². The summed E-state index contributed by atoms with van der Waals surface area (Å²) < 4.78 is 40.2. The molecule has 0 aromatic heterocycles. The van der Waals surface area contributed by atoms with Crippen molar-refractivity contribution < 1.29 is 17.4 Å². The Balaban J connectivity index is 4.24. The van der Waals surface area contributed by atoms with Gasteiger partial charge in [-0.2, -0.15) is 8.42 Å². The van der Waals surface area contributed by atoms with Gasteiger partial charge in [-0.05, 0) is 0 Å². The maximum atomic E-state index is 12.2. The van der Waals surface area contributed by atoms with Crippen molar-refractivity contribution in [3.8, 4) is 0 Å². The highest BCUT2D eigenvalue weighted by molar-refractivity contribution is 7.86. The van der Waals surface area contributed by atoms with Gasteiger partial charge in [0.2, 0.25) is 5.50 Å². The highest BCUT2D eigenvalue weighted by Crippen LogP contribution is 2.11. The number of alkyl halides is 1.